The number of benzene rings is 1. The van der Waals surface area contributed by atoms with Crippen LogP contribution >= 0.6 is 0 Å². The number of rotatable bonds is 7. The highest BCUT2D eigenvalue weighted by atomic mass is 16.3. The van der Waals surface area contributed by atoms with Gasteiger partial charge in [0.15, 0.2) is 0 Å². The van der Waals surface area contributed by atoms with Crippen molar-refractivity contribution in [1.82, 2.24) is 24.3 Å². The summed E-state index contributed by atoms with van der Waals surface area (Å²) in [5, 5.41) is 23.4. The normalized spacial score (nSPS) is 23.9. The molecule has 10 nitrogen and oxygen atoms in total. The van der Waals surface area contributed by atoms with Gasteiger partial charge in [-0.2, -0.15) is 10.2 Å². The van der Waals surface area contributed by atoms with Gasteiger partial charge >= 0.3 is 0 Å². The van der Waals surface area contributed by atoms with Gasteiger partial charge in [0, 0.05) is 75.3 Å². The molecule has 4 heterocycles. The number of likely N-dealkylation sites (tertiary alicyclic amines) is 1. The molecule has 1 aliphatic carbocycles. The average molecular weight is 543 g/mol. The molecule has 1 aromatic carbocycles. The maximum Gasteiger partial charge on any atom is 0.236 e. The van der Waals surface area contributed by atoms with E-state index in [-0.39, 0.29) is 18.4 Å². The fourth-order valence-corrected chi connectivity index (χ4v) is 6.57. The number of amides is 1. The molecule has 210 valence electrons. The van der Waals surface area contributed by atoms with E-state index in [9.17, 15) is 9.90 Å². The summed E-state index contributed by atoms with van der Waals surface area (Å²) in [7, 11) is 0. The highest BCUT2D eigenvalue weighted by Gasteiger charge is 2.27. The van der Waals surface area contributed by atoms with Gasteiger partial charge in [-0.15, -0.1) is 0 Å². The lowest BCUT2D eigenvalue weighted by Gasteiger charge is -2.36. The zero-order valence-electron chi connectivity index (χ0n) is 23.0. The SMILES string of the molecule is N#CCC(=O)N1CCN(c2cccc3c2ccn3-c2ccnc(NC3CCC(CN4CC[C@H](O)C4)CC3)n2)CC1. The highest BCUT2D eigenvalue weighted by molar-refractivity contribution is 5.94. The van der Waals surface area contributed by atoms with Crippen LogP contribution in [0, 0.1) is 17.2 Å². The van der Waals surface area contributed by atoms with Crippen LogP contribution in [0.2, 0.25) is 0 Å². The molecular weight excluding hydrogens is 504 g/mol. The van der Waals surface area contributed by atoms with Crippen LogP contribution in [0.5, 0.6) is 0 Å². The van der Waals surface area contributed by atoms with E-state index in [1.807, 2.05) is 18.3 Å². The van der Waals surface area contributed by atoms with Gasteiger partial charge in [0.25, 0.3) is 0 Å². The van der Waals surface area contributed by atoms with Gasteiger partial charge in [-0.25, -0.2) is 4.98 Å². The van der Waals surface area contributed by atoms with E-state index in [0.29, 0.717) is 31.0 Å². The third-order valence-electron chi connectivity index (χ3n) is 8.74. The molecule has 2 aromatic heterocycles. The second kappa shape index (κ2) is 11.8. The molecule has 0 unspecified atom stereocenters. The van der Waals surface area contributed by atoms with E-state index in [4.69, 9.17) is 10.2 Å². The summed E-state index contributed by atoms with van der Waals surface area (Å²) < 4.78 is 2.11. The van der Waals surface area contributed by atoms with E-state index in [1.165, 1.54) is 12.8 Å². The molecule has 2 saturated heterocycles. The Hall–Kier alpha value is -3.68. The van der Waals surface area contributed by atoms with Crippen molar-refractivity contribution in [3.63, 3.8) is 0 Å². The van der Waals surface area contributed by atoms with Crippen molar-refractivity contribution in [3.05, 3.63) is 42.7 Å². The Morgan fingerprint density at radius 2 is 1.88 bits per heavy atom. The Bertz CT molecular complexity index is 1370. The Morgan fingerprint density at radius 3 is 2.62 bits per heavy atom. The number of nitrogens with one attached hydrogen (secondary N) is 1. The highest BCUT2D eigenvalue weighted by Crippen LogP contribution is 2.31. The fourth-order valence-electron chi connectivity index (χ4n) is 6.57. The van der Waals surface area contributed by atoms with Crippen LogP contribution in [0.25, 0.3) is 16.7 Å². The number of aliphatic hydroxyl groups is 1. The minimum atomic E-state index is -0.144. The number of aliphatic hydroxyl groups excluding tert-OH is 1. The summed E-state index contributed by atoms with van der Waals surface area (Å²) >= 11 is 0. The number of anilines is 2. The van der Waals surface area contributed by atoms with Crippen molar-refractivity contribution in [2.24, 2.45) is 5.92 Å². The number of hydrogen-bond acceptors (Lipinski definition) is 8. The molecule has 1 atom stereocenters. The van der Waals surface area contributed by atoms with E-state index in [0.717, 1.165) is 74.4 Å². The number of nitrogens with zero attached hydrogens (tertiary/aromatic N) is 7. The van der Waals surface area contributed by atoms with Gasteiger partial charge in [-0.3, -0.25) is 4.79 Å². The van der Waals surface area contributed by atoms with Crippen molar-refractivity contribution in [2.45, 2.75) is 50.7 Å². The van der Waals surface area contributed by atoms with Gasteiger partial charge < -0.3 is 29.7 Å². The Morgan fingerprint density at radius 1 is 1.05 bits per heavy atom. The molecular formula is C30H38N8O2. The second-order valence-corrected chi connectivity index (χ2v) is 11.4. The van der Waals surface area contributed by atoms with Crippen LogP contribution in [0.4, 0.5) is 11.6 Å². The number of nitriles is 1. The number of β-amino-alcohol motifs (C(OH)–C–C–N with tert-alkyl or cyclic N) is 1. The lowest BCUT2D eigenvalue weighted by atomic mass is 9.86. The first-order chi connectivity index (χ1) is 19.6. The van der Waals surface area contributed by atoms with E-state index in [2.05, 4.69) is 55.1 Å². The largest absolute Gasteiger partial charge is 0.392 e. The summed E-state index contributed by atoms with van der Waals surface area (Å²) in [4.78, 5) is 28.0. The summed E-state index contributed by atoms with van der Waals surface area (Å²) in [6, 6.07) is 12.7. The molecule has 0 spiro atoms. The molecule has 3 aromatic rings. The number of carbonyl (C=O) groups is 1. The van der Waals surface area contributed by atoms with Crippen molar-refractivity contribution >= 4 is 28.4 Å². The molecule has 6 rings (SSSR count). The molecule has 1 saturated carbocycles. The molecule has 3 aliphatic rings. The van der Waals surface area contributed by atoms with Crippen molar-refractivity contribution in [2.75, 3.05) is 56.0 Å². The first-order valence-corrected chi connectivity index (χ1v) is 14.6. The minimum absolute atomic E-state index is 0.0556. The first kappa shape index (κ1) is 26.5. The molecule has 0 bridgehead atoms. The Labute approximate surface area is 235 Å². The summed E-state index contributed by atoms with van der Waals surface area (Å²) in [5.41, 5.74) is 2.23. The van der Waals surface area contributed by atoms with Gasteiger partial charge in [0.1, 0.15) is 12.2 Å². The predicted molar refractivity (Wildman–Crippen MR) is 154 cm³/mol. The number of carbonyl (C=O) groups excluding carboxylic acids is 1. The third-order valence-corrected chi connectivity index (χ3v) is 8.74. The molecule has 1 amide bonds. The molecule has 2 aliphatic heterocycles. The maximum absolute atomic E-state index is 12.1. The monoisotopic (exact) mass is 542 g/mol. The Balaban J connectivity index is 1.10. The molecule has 40 heavy (non-hydrogen) atoms. The van der Waals surface area contributed by atoms with Crippen molar-refractivity contribution < 1.29 is 9.90 Å². The number of hydrogen-bond donors (Lipinski definition) is 2. The van der Waals surface area contributed by atoms with Crippen LogP contribution in [-0.2, 0) is 4.79 Å². The summed E-state index contributed by atoms with van der Waals surface area (Å²) in [6.07, 6.45) is 9.20. The molecule has 10 heteroatoms. The predicted octanol–water partition coefficient (Wildman–Crippen LogP) is 3.02. The van der Waals surface area contributed by atoms with Crippen molar-refractivity contribution in [3.8, 4) is 11.9 Å². The van der Waals surface area contributed by atoms with Gasteiger partial charge in [0.2, 0.25) is 11.9 Å². The zero-order valence-corrected chi connectivity index (χ0v) is 23.0. The van der Waals surface area contributed by atoms with Gasteiger partial charge in [-0.05, 0) is 62.3 Å². The lowest BCUT2D eigenvalue weighted by molar-refractivity contribution is -0.130. The Kier molecular flexibility index (Phi) is 7.84. The van der Waals surface area contributed by atoms with E-state index >= 15 is 0 Å². The molecule has 0 radical (unpaired) electrons. The van der Waals surface area contributed by atoms with E-state index < -0.39 is 0 Å². The second-order valence-electron chi connectivity index (χ2n) is 11.4. The number of fused-ring (bicyclic) bond motifs is 1. The third kappa shape index (κ3) is 5.76. The number of piperazine rings is 1. The lowest BCUT2D eigenvalue weighted by Crippen LogP contribution is -2.48. The molecule has 2 N–H and O–H groups in total. The van der Waals surface area contributed by atoms with Crippen LogP contribution < -0.4 is 10.2 Å². The van der Waals surface area contributed by atoms with Gasteiger partial charge in [0.05, 0.1) is 17.7 Å². The van der Waals surface area contributed by atoms with E-state index in [1.54, 1.807) is 4.90 Å². The maximum atomic E-state index is 12.1. The van der Waals surface area contributed by atoms with Crippen LogP contribution in [0.15, 0.2) is 42.7 Å². The standard InChI is InChI=1S/C30H38N8O2/c31-12-8-29(40)37-18-16-36(17-19-37)26-2-1-3-27-25(26)11-15-38(27)28-9-13-32-30(34-28)33-23-6-4-22(5-7-23)20-35-14-10-24(39)21-35/h1-3,9,11,13,15,22-24,39H,4-8,10,14,16-21H2,(H,32,33,34)/t22?,23?,24-/m0/s1. The smallest absolute Gasteiger partial charge is 0.236 e. The first-order valence-electron chi connectivity index (χ1n) is 14.6. The number of aromatic nitrogens is 3. The fraction of sp³-hybridized carbons (Fsp3) is 0.533. The molecule has 3 fully saturated rings. The topological polar surface area (TPSA) is 114 Å². The average Bonchev–Trinajstić information content (AvgIpc) is 3.60. The van der Waals surface area contributed by atoms with Gasteiger partial charge in [-0.1, -0.05) is 6.07 Å². The summed E-state index contributed by atoms with van der Waals surface area (Å²) in [6.45, 7) is 5.69. The minimum Gasteiger partial charge on any atom is -0.392 e. The van der Waals surface area contributed by atoms with Crippen LogP contribution in [0.3, 0.4) is 0 Å². The quantitative estimate of drug-likeness (QED) is 0.469. The zero-order chi connectivity index (χ0) is 27.5. The van der Waals surface area contributed by atoms with Crippen LogP contribution in [0.1, 0.15) is 38.5 Å². The summed E-state index contributed by atoms with van der Waals surface area (Å²) in [5.74, 6) is 2.12. The van der Waals surface area contributed by atoms with Crippen molar-refractivity contribution in [1.29, 1.82) is 5.26 Å². The van der Waals surface area contributed by atoms with Crippen LogP contribution in [-0.4, -0.2) is 93.3 Å².